The topological polar surface area (TPSA) is 20.2 Å². The lowest BCUT2D eigenvalue weighted by molar-refractivity contribution is 0.103. The van der Waals surface area contributed by atoms with E-state index in [9.17, 15) is 5.11 Å². The zero-order chi connectivity index (χ0) is 8.91. The minimum Gasteiger partial charge on any atom is -0.386 e. The Labute approximate surface area is 77.8 Å². The van der Waals surface area contributed by atoms with Gasteiger partial charge in [0.25, 0.3) is 0 Å². The number of allylic oxidation sites excluding steroid dienone is 2. The maximum Gasteiger partial charge on any atom is 0.0800 e. The van der Waals surface area contributed by atoms with E-state index in [-0.39, 0.29) is 8.41 Å². The Morgan fingerprint density at radius 3 is 2.33 bits per heavy atom. The monoisotopic (exact) mass is 165 g/mol. The smallest absolute Gasteiger partial charge is 0.0800 e. The summed E-state index contributed by atoms with van der Waals surface area (Å²) in [6.45, 7) is 9.45. The third-order valence-corrected chi connectivity index (χ3v) is 1.64. The van der Waals surface area contributed by atoms with E-state index in [0.717, 1.165) is 12.8 Å². The Morgan fingerprint density at radius 2 is 2.00 bits per heavy atom. The Morgan fingerprint density at radius 1 is 1.50 bits per heavy atom. The Hall–Kier alpha value is -0.495. The van der Waals surface area contributed by atoms with Crippen molar-refractivity contribution >= 4 is 8.41 Å². The Bertz CT molecular complexity index is 155. The lowest BCUT2D eigenvalue weighted by Crippen LogP contribution is -2.19. The molecular weight excluding hydrogens is 147 g/mol. The van der Waals surface area contributed by atoms with Gasteiger partial charge in [-0.15, -0.1) is 6.58 Å². The van der Waals surface area contributed by atoms with Crippen molar-refractivity contribution < 1.29 is 5.11 Å². The van der Waals surface area contributed by atoms with Gasteiger partial charge >= 0.3 is 0 Å². The third kappa shape index (κ3) is 7.61. The summed E-state index contributed by atoms with van der Waals surface area (Å²) in [5.41, 5.74) is 0.594. The van der Waals surface area contributed by atoms with Crippen LogP contribution >= 0.6 is 0 Å². The fourth-order valence-electron chi connectivity index (χ4n) is 0.755. The normalized spacial score (nSPS) is 14.0. The first-order valence-corrected chi connectivity index (χ1v) is 3.97. The molecule has 0 aliphatic rings. The van der Waals surface area contributed by atoms with E-state index < -0.39 is 5.60 Å². The lowest BCUT2D eigenvalue weighted by atomic mass is 10.00. The molecule has 0 aromatic rings. The molecule has 0 fully saturated rings. The van der Waals surface area contributed by atoms with E-state index in [0.29, 0.717) is 0 Å². The molecule has 0 aliphatic carbocycles. The molecule has 0 aromatic heterocycles. The van der Waals surface area contributed by atoms with Crippen LogP contribution in [0.2, 0.25) is 0 Å². The van der Waals surface area contributed by atoms with Crippen molar-refractivity contribution in [2.75, 3.05) is 0 Å². The van der Waals surface area contributed by atoms with Crippen molar-refractivity contribution in [1.82, 2.24) is 0 Å². The van der Waals surface area contributed by atoms with Crippen molar-refractivity contribution in [2.24, 2.45) is 0 Å². The molecular formula is C10H18BO. The fraction of sp³-hybridized carbons (Fsp3) is 0.600. The van der Waals surface area contributed by atoms with E-state index in [1.807, 2.05) is 0 Å². The SMILES string of the molecule is C=CC(C)(O)CCC=C(C)C.[B]. The quantitative estimate of drug-likeness (QED) is 0.500. The molecule has 0 saturated carbocycles. The molecule has 0 heterocycles. The van der Waals surface area contributed by atoms with Crippen LogP contribution in [0.1, 0.15) is 33.6 Å². The molecule has 1 nitrogen and oxygen atoms in total. The van der Waals surface area contributed by atoms with E-state index in [1.165, 1.54) is 5.57 Å². The van der Waals surface area contributed by atoms with Gasteiger partial charge < -0.3 is 5.11 Å². The highest BCUT2D eigenvalue weighted by Crippen LogP contribution is 2.13. The summed E-state index contributed by atoms with van der Waals surface area (Å²) in [7, 11) is 0. The van der Waals surface area contributed by atoms with Crippen LogP contribution in [-0.2, 0) is 0 Å². The largest absolute Gasteiger partial charge is 0.386 e. The van der Waals surface area contributed by atoms with E-state index in [4.69, 9.17) is 0 Å². The molecule has 1 atom stereocenters. The zero-order valence-corrected chi connectivity index (χ0v) is 8.30. The highest BCUT2D eigenvalue weighted by atomic mass is 16.3. The molecule has 0 rings (SSSR count). The molecule has 0 saturated heterocycles. The molecule has 0 aliphatic heterocycles. The molecule has 0 bridgehead atoms. The Balaban J connectivity index is 0. The van der Waals surface area contributed by atoms with Crippen LogP contribution in [0, 0.1) is 0 Å². The van der Waals surface area contributed by atoms with Crippen molar-refractivity contribution in [2.45, 2.75) is 39.2 Å². The van der Waals surface area contributed by atoms with Crippen LogP contribution < -0.4 is 0 Å². The third-order valence-electron chi connectivity index (χ3n) is 1.64. The lowest BCUT2D eigenvalue weighted by Gasteiger charge is -2.16. The van der Waals surface area contributed by atoms with Gasteiger partial charge in [0, 0.05) is 8.41 Å². The molecule has 1 unspecified atom stereocenters. The summed E-state index contributed by atoms with van der Waals surface area (Å²) in [6.07, 6.45) is 5.38. The average Bonchev–Trinajstić information content (AvgIpc) is 1.87. The van der Waals surface area contributed by atoms with Gasteiger partial charge in [0.15, 0.2) is 0 Å². The van der Waals surface area contributed by atoms with E-state index >= 15 is 0 Å². The van der Waals surface area contributed by atoms with Gasteiger partial charge in [-0.05, 0) is 33.6 Å². The summed E-state index contributed by atoms with van der Waals surface area (Å²) in [5.74, 6) is 0. The fourth-order valence-corrected chi connectivity index (χ4v) is 0.755. The predicted octanol–water partition coefficient (Wildman–Crippen LogP) is 2.29. The van der Waals surface area contributed by atoms with Gasteiger partial charge in [-0.1, -0.05) is 17.7 Å². The number of hydrogen-bond acceptors (Lipinski definition) is 1. The first kappa shape index (κ1) is 14.1. The van der Waals surface area contributed by atoms with Crippen LogP contribution in [0.3, 0.4) is 0 Å². The van der Waals surface area contributed by atoms with Crippen molar-refractivity contribution in [1.29, 1.82) is 0 Å². The maximum absolute atomic E-state index is 9.49. The van der Waals surface area contributed by atoms with Gasteiger partial charge in [-0.25, -0.2) is 0 Å². The van der Waals surface area contributed by atoms with Gasteiger partial charge in [0.1, 0.15) is 0 Å². The van der Waals surface area contributed by atoms with Crippen molar-refractivity contribution in [3.63, 3.8) is 0 Å². The molecule has 0 spiro atoms. The maximum atomic E-state index is 9.49. The molecule has 2 heteroatoms. The average molecular weight is 165 g/mol. The highest BCUT2D eigenvalue weighted by molar-refractivity contribution is 5.75. The highest BCUT2D eigenvalue weighted by Gasteiger charge is 2.12. The number of aliphatic hydroxyl groups is 1. The molecule has 3 radical (unpaired) electrons. The zero-order valence-electron chi connectivity index (χ0n) is 8.30. The van der Waals surface area contributed by atoms with Gasteiger partial charge in [0.2, 0.25) is 0 Å². The van der Waals surface area contributed by atoms with Crippen LogP contribution in [-0.4, -0.2) is 19.1 Å². The molecule has 67 valence electrons. The van der Waals surface area contributed by atoms with Gasteiger partial charge in [0.05, 0.1) is 5.60 Å². The second kappa shape index (κ2) is 6.07. The second-order valence-corrected chi connectivity index (χ2v) is 3.38. The second-order valence-electron chi connectivity index (χ2n) is 3.38. The van der Waals surface area contributed by atoms with Crippen LogP contribution in [0.4, 0.5) is 0 Å². The molecule has 0 amide bonds. The molecule has 0 aromatic carbocycles. The van der Waals surface area contributed by atoms with E-state index in [1.54, 1.807) is 13.0 Å². The molecule has 1 N–H and O–H groups in total. The summed E-state index contributed by atoms with van der Waals surface area (Å²) >= 11 is 0. The van der Waals surface area contributed by atoms with Crippen molar-refractivity contribution in [3.05, 3.63) is 24.3 Å². The summed E-state index contributed by atoms with van der Waals surface area (Å²) in [5, 5.41) is 9.49. The number of hydrogen-bond donors (Lipinski definition) is 1. The minimum atomic E-state index is -0.702. The van der Waals surface area contributed by atoms with Crippen LogP contribution in [0.5, 0.6) is 0 Å². The predicted molar refractivity (Wildman–Crippen MR) is 55.2 cm³/mol. The number of rotatable bonds is 4. The first-order valence-electron chi connectivity index (χ1n) is 3.97. The van der Waals surface area contributed by atoms with Crippen LogP contribution in [0.25, 0.3) is 0 Å². The standard InChI is InChI=1S/C10H18O.B/c1-5-10(4,11)8-6-7-9(2)3;/h5,7,11H,1,6,8H2,2-4H3;. The van der Waals surface area contributed by atoms with Gasteiger partial charge in [-0.2, -0.15) is 0 Å². The summed E-state index contributed by atoms with van der Waals surface area (Å²) in [4.78, 5) is 0. The minimum absolute atomic E-state index is 0. The Kier molecular flexibility index (Phi) is 7.11. The van der Waals surface area contributed by atoms with Crippen LogP contribution in [0.15, 0.2) is 24.3 Å². The first-order chi connectivity index (χ1) is 4.98. The van der Waals surface area contributed by atoms with Crippen molar-refractivity contribution in [3.8, 4) is 0 Å². The summed E-state index contributed by atoms with van der Waals surface area (Å²) in [6, 6.07) is 0. The van der Waals surface area contributed by atoms with E-state index in [2.05, 4.69) is 26.5 Å². The van der Waals surface area contributed by atoms with Gasteiger partial charge in [-0.3, -0.25) is 0 Å². The molecule has 12 heavy (non-hydrogen) atoms. The summed E-state index contributed by atoms with van der Waals surface area (Å²) < 4.78 is 0.